The number of benzene rings is 1. The van der Waals surface area contributed by atoms with Gasteiger partial charge >= 0.3 is 0 Å². The average molecular weight is 263 g/mol. The molecule has 106 valence electrons. The number of rotatable bonds is 6. The fourth-order valence-corrected chi connectivity index (χ4v) is 2.52. The smallest absolute Gasteiger partial charge is 0.119 e. The lowest BCUT2D eigenvalue weighted by molar-refractivity contribution is 0.0112. The molecule has 2 unspecified atom stereocenters. The van der Waals surface area contributed by atoms with Crippen molar-refractivity contribution >= 4 is 0 Å². The number of nitrogens with one attached hydrogen (secondary N) is 1. The van der Waals surface area contributed by atoms with Crippen molar-refractivity contribution in [2.75, 3.05) is 20.3 Å². The normalized spacial score (nSPS) is 21.1. The molecule has 1 N–H and O–H groups in total. The van der Waals surface area contributed by atoms with Gasteiger partial charge in [-0.2, -0.15) is 0 Å². The first-order valence-electron chi connectivity index (χ1n) is 7.28. The highest BCUT2D eigenvalue weighted by Gasteiger charge is 2.14. The van der Waals surface area contributed by atoms with E-state index in [1.807, 2.05) is 12.1 Å². The van der Waals surface area contributed by atoms with E-state index >= 15 is 0 Å². The molecule has 3 nitrogen and oxygen atoms in total. The van der Waals surface area contributed by atoms with Crippen LogP contribution in [0.5, 0.6) is 5.75 Å². The molecule has 1 heterocycles. The Bertz CT molecular complexity index is 375. The zero-order valence-corrected chi connectivity index (χ0v) is 12.0. The summed E-state index contributed by atoms with van der Waals surface area (Å²) in [5.41, 5.74) is 1.27. The molecule has 0 aliphatic carbocycles. The fraction of sp³-hybridized carbons (Fsp3) is 0.625. The van der Waals surface area contributed by atoms with Gasteiger partial charge in [0.05, 0.1) is 13.2 Å². The summed E-state index contributed by atoms with van der Waals surface area (Å²) in [4.78, 5) is 0. The van der Waals surface area contributed by atoms with Crippen LogP contribution < -0.4 is 10.1 Å². The Morgan fingerprint density at radius 2 is 2.32 bits per heavy atom. The van der Waals surface area contributed by atoms with Crippen LogP contribution in [0.25, 0.3) is 0 Å². The van der Waals surface area contributed by atoms with Crippen LogP contribution in [0.2, 0.25) is 0 Å². The van der Waals surface area contributed by atoms with Crippen LogP contribution in [0.1, 0.15) is 44.2 Å². The highest BCUT2D eigenvalue weighted by molar-refractivity contribution is 5.30. The van der Waals surface area contributed by atoms with Crippen LogP contribution in [0.4, 0.5) is 0 Å². The summed E-state index contributed by atoms with van der Waals surface area (Å²) in [5.74, 6) is 0.918. The number of ether oxygens (including phenoxy) is 2. The Morgan fingerprint density at radius 3 is 3.05 bits per heavy atom. The Kier molecular flexibility index (Phi) is 5.67. The molecule has 1 aliphatic heterocycles. The third kappa shape index (κ3) is 4.51. The molecule has 0 radical (unpaired) electrons. The van der Waals surface area contributed by atoms with Crippen molar-refractivity contribution < 1.29 is 9.47 Å². The highest BCUT2D eigenvalue weighted by Crippen LogP contribution is 2.19. The SMILES string of the molecule is COc1cccc(C(C)NCCC2CCCCO2)c1. The van der Waals surface area contributed by atoms with Gasteiger partial charge in [-0.15, -0.1) is 0 Å². The maximum absolute atomic E-state index is 5.74. The molecular weight excluding hydrogens is 238 g/mol. The predicted octanol–water partition coefficient (Wildman–Crippen LogP) is 3.31. The van der Waals surface area contributed by atoms with Gasteiger partial charge in [-0.05, 0) is 56.8 Å². The summed E-state index contributed by atoms with van der Waals surface area (Å²) in [6, 6.07) is 8.59. The highest BCUT2D eigenvalue weighted by atomic mass is 16.5. The maximum atomic E-state index is 5.74. The molecule has 0 amide bonds. The van der Waals surface area contributed by atoms with Gasteiger partial charge in [0.1, 0.15) is 5.75 Å². The number of methoxy groups -OCH3 is 1. The number of hydrogen-bond donors (Lipinski definition) is 1. The van der Waals surface area contributed by atoms with Crippen molar-refractivity contribution in [3.05, 3.63) is 29.8 Å². The van der Waals surface area contributed by atoms with Crippen LogP contribution in [0.3, 0.4) is 0 Å². The van der Waals surface area contributed by atoms with Crippen molar-refractivity contribution in [3.8, 4) is 5.75 Å². The topological polar surface area (TPSA) is 30.5 Å². The molecular formula is C16H25NO2. The summed E-state index contributed by atoms with van der Waals surface area (Å²) >= 11 is 0. The van der Waals surface area contributed by atoms with E-state index in [2.05, 4.69) is 24.4 Å². The van der Waals surface area contributed by atoms with Gasteiger partial charge in [-0.1, -0.05) is 12.1 Å². The lowest BCUT2D eigenvalue weighted by Gasteiger charge is -2.23. The monoisotopic (exact) mass is 263 g/mol. The molecule has 0 aromatic heterocycles. The van der Waals surface area contributed by atoms with Crippen LogP contribution in [0, 0.1) is 0 Å². The van der Waals surface area contributed by atoms with Gasteiger partial charge in [0, 0.05) is 12.6 Å². The predicted molar refractivity (Wildman–Crippen MR) is 77.6 cm³/mol. The van der Waals surface area contributed by atoms with Crippen LogP contribution in [0.15, 0.2) is 24.3 Å². The van der Waals surface area contributed by atoms with Gasteiger partial charge in [0.2, 0.25) is 0 Å². The second-order valence-electron chi connectivity index (χ2n) is 5.23. The van der Waals surface area contributed by atoms with Crippen LogP contribution in [-0.2, 0) is 4.74 Å². The molecule has 0 bridgehead atoms. The van der Waals surface area contributed by atoms with Gasteiger partial charge in [-0.25, -0.2) is 0 Å². The molecule has 1 aromatic rings. The summed E-state index contributed by atoms with van der Waals surface area (Å²) in [5, 5.41) is 3.56. The van der Waals surface area contributed by atoms with E-state index in [4.69, 9.17) is 9.47 Å². The third-order valence-corrected chi connectivity index (χ3v) is 3.78. The molecule has 19 heavy (non-hydrogen) atoms. The molecule has 1 aromatic carbocycles. The summed E-state index contributed by atoms with van der Waals surface area (Å²) in [6.45, 7) is 4.13. The third-order valence-electron chi connectivity index (χ3n) is 3.78. The maximum Gasteiger partial charge on any atom is 0.119 e. The second-order valence-corrected chi connectivity index (χ2v) is 5.23. The fourth-order valence-electron chi connectivity index (χ4n) is 2.52. The molecule has 1 saturated heterocycles. The minimum Gasteiger partial charge on any atom is -0.497 e. The van der Waals surface area contributed by atoms with Crippen molar-refractivity contribution in [2.45, 2.75) is 44.8 Å². The standard InChI is InChI=1S/C16H25NO2/c1-13(14-6-5-8-16(12-14)18-2)17-10-9-15-7-3-4-11-19-15/h5-6,8,12-13,15,17H,3-4,7,9-11H2,1-2H3. The van der Waals surface area contributed by atoms with Gasteiger partial charge in [-0.3, -0.25) is 0 Å². The quantitative estimate of drug-likeness (QED) is 0.854. The Hall–Kier alpha value is -1.06. The molecule has 1 fully saturated rings. The molecule has 2 atom stereocenters. The minimum atomic E-state index is 0.346. The Morgan fingerprint density at radius 1 is 1.42 bits per heavy atom. The lowest BCUT2D eigenvalue weighted by atomic mass is 10.1. The Labute approximate surface area is 116 Å². The van der Waals surface area contributed by atoms with E-state index in [9.17, 15) is 0 Å². The molecule has 0 spiro atoms. The lowest BCUT2D eigenvalue weighted by Crippen LogP contribution is -2.27. The van der Waals surface area contributed by atoms with E-state index < -0.39 is 0 Å². The van der Waals surface area contributed by atoms with E-state index in [-0.39, 0.29) is 0 Å². The Balaban J connectivity index is 1.75. The van der Waals surface area contributed by atoms with E-state index in [1.54, 1.807) is 7.11 Å². The van der Waals surface area contributed by atoms with Crippen LogP contribution in [-0.4, -0.2) is 26.4 Å². The molecule has 3 heteroatoms. The minimum absolute atomic E-state index is 0.346. The first kappa shape index (κ1) is 14.4. The first-order chi connectivity index (χ1) is 9.29. The average Bonchev–Trinajstić information content (AvgIpc) is 2.48. The van der Waals surface area contributed by atoms with Crippen molar-refractivity contribution in [1.29, 1.82) is 0 Å². The molecule has 1 aliphatic rings. The zero-order valence-electron chi connectivity index (χ0n) is 12.0. The molecule has 0 saturated carbocycles. The van der Waals surface area contributed by atoms with Gasteiger partial charge < -0.3 is 14.8 Å². The van der Waals surface area contributed by atoms with E-state index in [0.717, 1.165) is 25.3 Å². The van der Waals surface area contributed by atoms with Crippen LogP contribution >= 0.6 is 0 Å². The summed E-state index contributed by atoms with van der Waals surface area (Å²) < 4.78 is 11.0. The van der Waals surface area contributed by atoms with E-state index in [0.29, 0.717) is 12.1 Å². The van der Waals surface area contributed by atoms with Crippen molar-refractivity contribution in [1.82, 2.24) is 5.32 Å². The summed E-state index contributed by atoms with van der Waals surface area (Å²) in [7, 11) is 1.71. The van der Waals surface area contributed by atoms with Gasteiger partial charge in [0.15, 0.2) is 0 Å². The summed E-state index contributed by atoms with van der Waals surface area (Å²) in [6.07, 6.45) is 5.32. The van der Waals surface area contributed by atoms with Crippen molar-refractivity contribution in [2.24, 2.45) is 0 Å². The van der Waals surface area contributed by atoms with E-state index in [1.165, 1.54) is 24.8 Å². The zero-order chi connectivity index (χ0) is 13.5. The second kappa shape index (κ2) is 7.51. The van der Waals surface area contributed by atoms with Gasteiger partial charge in [0.25, 0.3) is 0 Å². The number of hydrogen-bond acceptors (Lipinski definition) is 3. The largest absolute Gasteiger partial charge is 0.497 e. The first-order valence-corrected chi connectivity index (χ1v) is 7.28. The molecule has 2 rings (SSSR count). The van der Waals surface area contributed by atoms with Crippen molar-refractivity contribution in [3.63, 3.8) is 0 Å².